The fourth-order valence-electron chi connectivity index (χ4n) is 1.76. The maximum atomic E-state index is 11.5. The summed E-state index contributed by atoms with van der Waals surface area (Å²) in [6.07, 6.45) is -0.149. The molecule has 0 aliphatic carbocycles. The van der Waals surface area contributed by atoms with Crippen molar-refractivity contribution in [2.45, 2.75) is 38.5 Å². The van der Waals surface area contributed by atoms with Crippen LogP contribution >= 0.6 is 0 Å². The van der Waals surface area contributed by atoms with Crippen LogP contribution in [0.5, 0.6) is 0 Å². The Hall–Kier alpha value is -2.65. The van der Waals surface area contributed by atoms with Crippen LogP contribution in [0.3, 0.4) is 0 Å². The number of hydrogen-bond acceptors (Lipinski definition) is 7. The van der Waals surface area contributed by atoms with Crippen molar-refractivity contribution in [3.63, 3.8) is 0 Å². The predicted octanol–water partition coefficient (Wildman–Crippen LogP) is -0.634. The molecule has 0 bridgehead atoms. The number of hydrogen-bond donors (Lipinski definition) is 2. The molecule has 10 heteroatoms. The topological polar surface area (TPSA) is 145 Å². The largest absolute Gasteiger partial charge is 0.450 e. The van der Waals surface area contributed by atoms with Crippen molar-refractivity contribution in [2.75, 3.05) is 13.2 Å². The fourth-order valence-corrected chi connectivity index (χ4v) is 1.76. The molecule has 0 radical (unpaired) electrons. The van der Waals surface area contributed by atoms with E-state index in [2.05, 4.69) is 14.9 Å². The molecule has 0 unspecified atom stereocenters. The molecular formula is C13H19N3O7. The van der Waals surface area contributed by atoms with Crippen LogP contribution in [0.1, 0.15) is 38.5 Å². The molecule has 1 heterocycles. The van der Waals surface area contributed by atoms with Gasteiger partial charge < -0.3 is 20.6 Å². The van der Waals surface area contributed by atoms with Crippen molar-refractivity contribution in [1.29, 1.82) is 0 Å². The molecule has 1 rings (SSSR count). The third kappa shape index (κ3) is 7.25. The van der Waals surface area contributed by atoms with Gasteiger partial charge in [-0.05, 0) is 12.8 Å². The number of nitrogens with zero attached hydrogens (tertiary/aromatic N) is 1. The van der Waals surface area contributed by atoms with E-state index in [9.17, 15) is 24.0 Å². The quantitative estimate of drug-likeness (QED) is 0.423. The number of rotatable bonds is 9. The van der Waals surface area contributed by atoms with E-state index in [-0.39, 0.29) is 44.6 Å². The molecule has 0 aromatic carbocycles. The number of nitrogens with two attached hydrogens (primary N) is 1. The van der Waals surface area contributed by atoms with Crippen molar-refractivity contribution in [2.24, 2.45) is 5.73 Å². The van der Waals surface area contributed by atoms with Gasteiger partial charge in [0.1, 0.15) is 0 Å². The van der Waals surface area contributed by atoms with Gasteiger partial charge in [-0.25, -0.2) is 9.59 Å². The Morgan fingerprint density at radius 3 is 2.35 bits per heavy atom. The number of carbonyl (C=O) groups is 5. The lowest BCUT2D eigenvalue weighted by Gasteiger charge is -2.12. The number of nitrogens with one attached hydrogen (secondary N) is 1. The first-order chi connectivity index (χ1) is 10.9. The van der Waals surface area contributed by atoms with Crippen LogP contribution < -0.4 is 11.1 Å². The molecule has 1 aliphatic heterocycles. The molecule has 1 fully saturated rings. The monoisotopic (exact) mass is 329 g/mol. The van der Waals surface area contributed by atoms with Crippen molar-refractivity contribution >= 4 is 29.8 Å². The van der Waals surface area contributed by atoms with Gasteiger partial charge in [-0.1, -0.05) is 0 Å². The van der Waals surface area contributed by atoms with E-state index in [0.29, 0.717) is 18.0 Å². The normalized spacial score (nSPS) is 13.8. The molecule has 4 amide bonds. The van der Waals surface area contributed by atoms with Gasteiger partial charge in [0.25, 0.3) is 11.8 Å². The van der Waals surface area contributed by atoms with E-state index in [4.69, 9.17) is 5.73 Å². The highest BCUT2D eigenvalue weighted by atomic mass is 16.7. The predicted molar refractivity (Wildman–Crippen MR) is 74.2 cm³/mol. The molecule has 23 heavy (non-hydrogen) atoms. The zero-order valence-electron chi connectivity index (χ0n) is 12.5. The van der Waals surface area contributed by atoms with E-state index in [1.807, 2.05) is 0 Å². The summed E-state index contributed by atoms with van der Waals surface area (Å²) in [5.41, 5.74) is 4.77. The number of imide groups is 1. The second-order valence-electron chi connectivity index (χ2n) is 4.77. The van der Waals surface area contributed by atoms with Crippen LogP contribution in [-0.4, -0.2) is 48.0 Å². The smallest absolute Gasteiger partial charge is 0.404 e. The van der Waals surface area contributed by atoms with E-state index < -0.39 is 23.9 Å². The highest BCUT2D eigenvalue weighted by Crippen LogP contribution is 2.13. The maximum Gasteiger partial charge on any atom is 0.404 e. The molecule has 1 saturated heterocycles. The van der Waals surface area contributed by atoms with Gasteiger partial charge in [-0.3, -0.25) is 14.4 Å². The van der Waals surface area contributed by atoms with E-state index in [1.54, 1.807) is 0 Å². The average molecular weight is 329 g/mol. The molecule has 0 atom stereocenters. The van der Waals surface area contributed by atoms with Crippen LogP contribution in [0.15, 0.2) is 0 Å². The summed E-state index contributed by atoms with van der Waals surface area (Å²) < 4.78 is 4.48. The van der Waals surface area contributed by atoms with Gasteiger partial charge in [0, 0.05) is 32.2 Å². The van der Waals surface area contributed by atoms with Crippen molar-refractivity contribution in [3.8, 4) is 0 Å². The van der Waals surface area contributed by atoms with Crippen LogP contribution in [0, 0.1) is 0 Å². The third-order valence-corrected chi connectivity index (χ3v) is 2.87. The SMILES string of the molecule is NC(=O)OCCCNC(=O)CCCC(=O)ON1C(=O)CCC1=O. The summed E-state index contributed by atoms with van der Waals surface area (Å²) >= 11 is 0. The lowest BCUT2D eigenvalue weighted by molar-refractivity contribution is -0.197. The number of primary amides is 1. The van der Waals surface area contributed by atoms with Gasteiger partial charge in [0.15, 0.2) is 0 Å². The Morgan fingerprint density at radius 1 is 1.09 bits per heavy atom. The Bertz CT molecular complexity index is 476. The number of ether oxygens (including phenoxy) is 1. The molecule has 1 aliphatic rings. The van der Waals surface area contributed by atoms with Crippen LogP contribution in [0.25, 0.3) is 0 Å². The molecule has 0 spiro atoms. The van der Waals surface area contributed by atoms with Crippen molar-refractivity contribution in [1.82, 2.24) is 10.4 Å². The summed E-state index contributed by atoms with van der Waals surface area (Å²) in [5.74, 6) is -2.10. The summed E-state index contributed by atoms with van der Waals surface area (Å²) in [6.45, 7) is 0.424. The minimum atomic E-state index is -0.871. The fraction of sp³-hybridized carbons (Fsp3) is 0.615. The van der Waals surface area contributed by atoms with Gasteiger partial charge >= 0.3 is 12.1 Å². The van der Waals surface area contributed by atoms with E-state index in [0.717, 1.165) is 0 Å². The summed E-state index contributed by atoms with van der Waals surface area (Å²) in [5, 5.41) is 3.05. The number of amides is 4. The standard InChI is InChI=1S/C13H19N3O7/c14-13(21)22-8-2-7-15-9(17)3-1-4-12(20)23-16-10(18)5-6-11(16)19/h1-8H2,(H2,14,21)(H,15,17). The lowest BCUT2D eigenvalue weighted by Crippen LogP contribution is -2.32. The van der Waals surface area contributed by atoms with Crippen molar-refractivity contribution < 1.29 is 33.5 Å². The summed E-state index contributed by atoms with van der Waals surface area (Å²) in [6, 6.07) is 0. The zero-order chi connectivity index (χ0) is 17.2. The first kappa shape index (κ1) is 18.4. The van der Waals surface area contributed by atoms with Crippen LogP contribution in [0.4, 0.5) is 4.79 Å². The van der Waals surface area contributed by atoms with E-state index in [1.165, 1.54) is 0 Å². The van der Waals surface area contributed by atoms with Crippen LogP contribution in [-0.2, 0) is 28.8 Å². The number of carbonyl (C=O) groups excluding carboxylic acids is 5. The van der Waals surface area contributed by atoms with Crippen molar-refractivity contribution in [3.05, 3.63) is 0 Å². The number of hydroxylamine groups is 2. The molecule has 0 aromatic heterocycles. The first-order valence-electron chi connectivity index (χ1n) is 7.15. The van der Waals surface area contributed by atoms with Gasteiger partial charge in [0.2, 0.25) is 5.91 Å². The van der Waals surface area contributed by atoms with E-state index >= 15 is 0 Å². The molecule has 0 saturated carbocycles. The summed E-state index contributed by atoms with van der Waals surface area (Å²) in [4.78, 5) is 60.4. The minimum absolute atomic E-state index is 0.0357. The van der Waals surface area contributed by atoms with Crippen LogP contribution in [0.2, 0.25) is 0 Å². The lowest BCUT2D eigenvalue weighted by atomic mass is 10.2. The average Bonchev–Trinajstić information content (AvgIpc) is 2.78. The second-order valence-corrected chi connectivity index (χ2v) is 4.77. The Kier molecular flexibility index (Phi) is 7.51. The molecule has 10 nitrogen and oxygen atoms in total. The maximum absolute atomic E-state index is 11.5. The zero-order valence-corrected chi connectivity index (χ0v) is 12.5. The highest BCUT2D eigenvalue weighted by molar-refractivity contribution is 6.01. The Labute approximate surface area is 132 Å². The third-order valence-electron chi connectivity index (χ3n) is 2.87. The minimum Gasteiger partial charge on any atom is -0.450 e. The molecule has 0 aromatic rings. The molecule has 3 N–H and O–H groups in total. The van der Waals surface area contributed by atoms with Gasteiger partial charge in [0.05, 0.1) is 6.61 Å². The van der Waals surface area contributed by atoms with Gasteiger partial charge in [-0.2, -0.15) is 0 Å². The Morgan fingerprint density at radius 2 is 1.74 bits per heavy atom. The highest BCUT2D eigenvalue weighted by Gasteiger charge is 2.32. The second kappa shape index (κ2) is 9.38. The first-order valence-corrected chi connectivity index (χ1v) is 7.15. The Balaban J connectivity index is 2.07. The van der Waals surface area contributed by atoms with Gasteiger partial charge in [-0.15, -0.1) is 5.06 Å². The molecular weight excluding hydrogens is 310 g/mol. The summed E-state index contributed by atoms with van der Waals surface area (Å²) in [7, 11) is 0. The molecule has 128 valence electrons.